The molecule has 2 nitrogen and oxygen atoms in total. The molecular formula is C18H21ClF2N2. The van der Waals surface area contributed by atoms with Crippen molar-refractivity contribution in [2.75, 3.05) is 19.6 Å². The Morgan fingerprint density at radius 3 is 1.87 bits per heavy atom. The molecule has 1 saturated heterocycles. The van der Waals surface area contributed by atoms with E-state index in [1.807, 2.05) is 24.3 Å². The molecule has 23 heavy (non-hydrogen) atoms. The van der Waals surface area contributed by atoms with Crippen LogP contribution in [0.25, 0.3) is 0 Å². The van der Waals surface area contributed by atoms with Gasteiger partial charge in [0.15, 0.2) is 0 Å². The number of hydrogen-bond acceptors (Lipinski definition) is 2. The van der Waals surface area contributed by atoms with Gasteiger partial charge in [0.25, 0.3) is 0 Å². The second kappa shape index (κ2) is 7.86. The van der Waals surface area contributed by atoms with Crippen LogP contribution in [0, 0.1) is 11.6 Å². The van der Waals surface area contributed by atoms with Gasteiger partial charge in [-0.15, -0.1) is 12.4 Å². The van der Waals surface area contributed by atoms with E-state index in [9.17, 15) is 8.78 Å². The van der Waals surface area contributed by atoms with Crippen LogP contribution in [0.5, 0.6) is 0 Å². The van der Waals surface area contributed by atoms with Gasteiger partial charge in [-0.2, -0.15) is 0 Å². The molecule has 5 heteroatoms. The van der Waals surface area contributed by atoms with Crippen LogP contribution in [0.1, 0.15) is 24.1 Å². The molecule has 0 spiro atoms. The lowest BCUT2D eigenvalue weighted by atomic mass is 9.95. The first-order chi connectivity index (χ1) is 10.6. The van der Waals surface area contributed by atoms with E-state index in [1.165, 1.54) is 24.3 Å². The minimum atomic E-state index is -0.241. The number of nitrogens with zero attached hydrogens (tertiary/aromatic N) is 1. The molecule has 0 amide bonds. The van der Waals surface area contributed by atoms with Crippen LogP contribution in [0.3, 0.4) is 0 Å². The molecule has 1 aliphatic heterocycles. The van der Waals surface area contributed by atoms with Gasteiger partial charge >= 0.3 is 0 Å². The smallest absolute Gasteiger partial charge is 0.123 e. The Balaban J connectivity index is 0.00000192. The fraction of sp³-hybridized carbons (Fsp3) is 0.333. The highest BCUT2D eigenvalue weighted by Gasteiger charge is 2.28. The standard InChI is InChI=1S/C18H20F2N2.ClH/c1-13-12-21-10-11-22(13)18(14-2-6-16(19)7-3-14)15-4-8-17(20)9-5-15;/h2-9,13,18,21H,10-12H2,1H3;1H/t13-;/m0./s1. The van der Waals surface area contributed by atoms with Crippen molar-refractivity contribution in [3.8, 4) is 0 Å². The Morgan fingerprint density at radius 2 is 1.43 bits per heavy atom. The molecule has 3 rings (SSSR count). The predicted octanol–water partition coefficient (Wildman–Crippen LogP) is 3.77. The summed E-state index contributed by atoms with van der Waals surface area (Å²) >= 11 is 0. The molecule has 1 heterocycles. The summed E-state index contributed by atoms with van der Waals surface area (Å²) in [5, 5.41) is 3.38. The third-order valence-corrected chi connectivity index (χ3v) is 4.26. The van der Waals surface area contributed by atoms with E-state index in [2.05, 4.69) is 17.1 Å². The second-order valence-corrected chi connectivity index (χ2v) is 5.80. The molecular weight excluding hydrogens is 318 g/mol. The van der Waals surface area contributed by atoms with Crippen molar-refractivity contribution in [3.63, 3.8) is 0 Å². The number of piperazine rings is 1. The lowest BCUT2D eigenvalue weighted by Crippen LogP contribution is -2.51. The predicted molar refractivity (Wildman–Crippen MR) is 90.9 cm³/mol. The van der Waals surface area contributed by atoms with E-state index < -0.39 is 0 Å². The number of halogens is 3. The highest BCUT2D eigenvalue weighted by molar-refractivity contribution is 5.85. The monoisotopic (exact) mass is 338 g/mol. The van der Waals surface area contributed by atoms with Crippen molar-refractivity contribution in [2.24, 2.45) is 0 Å². The quantitative estimate of drug-likeness (QED) is 0.916. The molecule has 0 radical (unpaired) electrons. The van der Waals surface area contributed by atoms with E-state index >= 15 is 0 Å². The molecule has 0 bridgehead atoms. The Labute approximate surface area is 141 Å². The largest absolute Gasteiger partial charge is 0.314 e. The second-order valence-electron chi connectivity index (χ2n) is 5.80. The van der Waals surface area contributed by atoms with Gasteiger partial charge in [0.1, 0.15) is 11.6 Å². The lowest BCUT2D eigenvalue weighted by Gasteiger charge is -2.40. The average Bonchev–Trinajstić information content (AvgIpc) is 2.53. The third-order valence-electron chi connectivity index (χ3n) is 4.26. The van der Waals surface area contributed by atoms with Crippen LogP contribution < -0.4 is 5.32 Å². The van der Waals surface area contributed by atoms with E-state index in [0.717, 1.165) is 30.8 Å². The van der Waals surface area contributed by atoms with E-state index in [-0.39, 0.29) is 30.1 Å². The summed E-state index contributed by atoms with van der Waals surface area (Å²) in [5.74, 6) is -0.482. The minimum Gasteiger partial charge on any atom is -0.314 e. The Bertz CT molecular complexity index is 570. The first-order valence-electron chi connectivity index (χ1n) is 7.62. The summed E-state index contributed by atoms with van der Waals surface area (Å²) in [5.41, 5.74) is 2.06. The number of hydrogen-bond donors (Lipinski definition) is 1. The van der Waals surface area contributed by atoms with Crippen LogP contribution in [0.2, 0.25) is 0 Å². The highest BCUT2D eigenvalue weighted by atomic mass is 35.5. The van der Waals surface area contributed by atoms with Crippen molar-refractivity contribution >= 4 is 12.4 Å². The zero-order chi connectivity index (χ0) is 15.5. The van der Waals surface area contributed by atoms with Crippen LogP contribution in [0.4, 0.5) is 8.78 Å². The van der Waals surface area contributed by atoms with Gasteiger partial charge in [-0.3, -0.25) is 4.90 Å². The van der Waals surface area contributed by atoms with E-state index in [0.29, 0.717) is 6.04 Å². The summed E-state index contributed by atoms with van der Waals surface area (Å²) in [7, 11) is 0. The van der Waals surface area contributed by atoms with Gasteiger partial charge in [-0.1, -0.05) is 24.3 Å². The maximum Gasteiger partial charge on any atom is 0.123 e. The van der Waals surface area contributed by atoms with E-state index in [4.69, 9.17) is 0 Å². The zero-order valence-electron chi connectivity index (χ0n) is 13.0. The number of rotatable bonds is 3. The summed E-state index contributed by atoms with van der Waals surface area (Å²) in [6, 6.07) is 13.6. The lowest BCUT2D eigenvalue weighted by molar-refractivity contribution is 0.136. The molecule has 1 aliphatic rings. The van der Waals surface area contributed by atoms with Gasteiger partial charge in [-0.25, -0.2) is 8.78 Å². The maximum absolute atomic E-state index is 13.3. The van der Waals surface area contributed by atoms with Crippen molar-refractivity contribution in [1.29, 1.82) is 0 Å². The molecule has 1 N–H and O–H groups in total. The summed E-state index contributed by atoms with van der Waals surface area (Å²) < 4.78 is 26.5. The van der Waals surface area contributed by atoms with Gasteiger partial charge < -0.3 is 5.32 Å². The third kappa shape index (κ3) is 4.08. The van der Waals surface area contributed by atoms with Crippen LogP contribution in [0.15, 0.2) is 48.5 Å². The van der Waals surface area contributed by atoms with Gasteiger partial charge in [0, 0.05) is 25.7 Å². The molecule has 0 aromatic heterocycles. The molecule has 0 saturated carbocycles. The number of nitrogens with one attached hydrogen (secondary N) is 1. The Kier molecular flexibility index (Phi) is 6.10. The van der Waals surface area contributed by atoms with E-state index in [1.54, 1.807) is 0 Å². The summed E-state index contributed by atoms with van der Waals surface area (Å²) in [6.07, 6.45) is 0. The van der Waals surface area contributed by atoms with Crippen molar-refractivity contribution in [2.45, 2.75) is 19.0 Å². The van der Waals surface area contributed by atoms with Gasteiger partial charge in [0.2, 0.25) is 0 Å². The fourth-order valence-electron chi connectivity index (χ4n) is 3.11. The van der Waals surface area contributed by atoms with Crippen molar-refractivity contribution in [3.05, 3.63) is 71.3 Å². The Morgan fingerprint density at radius 1 is 0.957 bits per heavy atom. The molecule has 1 atom stereocenters. The molecule has 0 unspecified atom stereocenters. The molecule has 0 aliphatic carbocycles. The zero-order valence-corrected chi connectivity index (χ0v) is 13.8. The van der Waals surface area contributed by atoms with Crippen LogP contribution in [-0.4, -0.2) is 30.6 Å². The van der Waals surface area contributed by atoms with Gasteiger partial charge in [0.05, 0.1) is 6.04 Å². The van der Waals surface area contributed by atoms with Crippen molar-refractivity contribution < 1.29 is 8.78 Å². The van der Waals surface area contributed by atoms with Crippen LogP contribution in [-0.2, 0) is 0 Å². The molecule has 124 valence electrons. The fourth-order valence-corrected chi connectivity index (χ4v) is 3.11. The SMILES string of the molecule is C[C@H]1CNCCN1C(c1ccc(F)cc1)c1ccc(F)cc1.Cl. The summed E-state index contributed by atoms with van der Waals surface area (Å²) in [6.45, 7) is 4.91. The van der Waals surface area contributed by atoms with Gasteiger partial charge in [-0.05, 0) is 42.3 Å². The molecule has 1 fully saturated rings. The topological polar surface area (TPSA) is 15.3 Å². The minimum absolute atomic E-state index is 0. The van der Waals surface area contributed by atoms with Crippen LogP contribution >= 0.6 is 12.4 Å². The molecule has 2 aromatic rings. The Hall–Kier alpha value is -1.49. The average molecular weight is 339 g/mol. The maximum atomic E-state index is 13.3. The summed E-state index contributed by atoms with van der Waals surface area (Å²) in [4.78, 5) is 2.39. The first kappa shape index (κ1) is 17.9. The highest BCUT2D eigenvalue weighted by Crippen LogP contribution is 2.31. The first-order valence-corrected chi connectivity index (χ1v) is 7.62. The normalized spacial score (nSPS) is 18.7. The number of benzene rings is 2. The molecule has 2 aromatic carbocycles. The van der Waals surface area contributed by atoms with Crippen molar-refractivity contribution in [1.82, 2.24) is 10.2 Å².